The zero-order valence-electron chi connectivity index (χ0n) is 22.3. The Morgan fingerprint density at radius 1 is 0.641 bits per heavy atom. The van der Waals surface area contributed by atoms with E-state index in [0.29, 0.717) is 5.66 Å². The van der Waals surface area contributed by atoms with Crippen molar-refractivity contribution < 1.29 is 25.9 Å². The van der Waals surface area contributed by atoms with Gasteiger partial charge in [0.05, 0.1) is 20.4 Å². The summed E-state index contributed by atoms with van der Waals surface area (Å²) in [4.78, 5) is 0. The fraction of sp³-hybridized carbons (Fsp3) is 0.118. The normalized spacial score (nSPS) is 14.8. The maximum atomic E-state index is 5.92. The summed E-state index contributed by atoms with van der Waals surface area (Å²) < 4.78 is 11.8. The van der Waals surface area contributed by atoms with Crippen LogP contribution in [0.2, 0.25) is 0 Å². The fourth-order valence-corrected chi connectivity index (χ4v) is 10.2. The number of aryl methyl sites for hydroxylation is 2. The van der Waals surface area contributed by atoms with Crippen LogP contribution in [-0.2, 0) is 17.1 Å². The first-order valence-corrected chi connectivity index (χ1v) is 15.6. The second-order valence-electron chi connectivity index (χ2n) is 9.19. The Hall–Kier alpha value is -2.66. The minimum atomic E-state index is -0.889. The number of hydrogen-bond acceptors (Lipinski definition) is 2. The van der Waals surface area contributed by atoms with Gasteiger partial charge >= 0.3 is 0 Å². The first-order valence-electron chi connectivity index (χ1n) is 12.8. The van der Waals surface area contributed by atoms with Crippen LogP contribution in [0, 0.1) is 26.2 Å². The van der Waals surface area contributed by atoms with Crippen LogP contribution in [0.5, 0.6) is 0 Å². The number of hydrogen-bond donors (Lipinski definition) is 0. The molecule has 0 saturated carbocycles. The van der Waals surface area contributed by atoms with Crippen molar-refractivity contribution in [1.29, 1.82) is 0 Å². The van der Waals surface area contributed by atoms with E-state index < -0.39 is 15.8 Å². The van der Waals surface area contributed by atoms with Crippen LogP contribution in [0.3, 0.4) is 0 Å². The third-order valence-electron chi connectivity index (χ3n) is 6.66. The first-order chi connectivity index (χ1) is 18.6. The molecular weight excluding hydrogens is 558 g/mol. The Bertz CT molecular complexity index is 1360. The predicted octanol–water partition coefficient (Wildman–Crippen LogP) is 7.79. The molecule has 0 saturated heterocycles. The van der Waals surface area contributed by atoms with Crippen LogP contribution < -0.4 is 21.6 Å². The molecule has 2 aromatic carbocycles. The molecule has 0 amide bonds. The topological polar surface area (TPSA) is 26.3 Å². The fourth-order valence-electron chi connectivity index (χ4n) is 4.80. The molecule has 0 unspecified atom stereocenters. The summed E-state index contributed by atoms with van der Waals surface area (Å²) >= 11 is 0. The summed E-state index contributed by atoms with van der Waals surface area (Å²) in [5.41, 5.74) is 4.98. The van der Waals surface area contributed by atoms with E-state index in [4.69, 9.17) is 8.83 Å². The molecule has 2 aliphatic carbocycles. The average Bonchev–Trinajstić information content (AvgIpc) is 3.77. The standard InChI is InChI=1S/C29H27O2P2.C5H5.Fe/c1-21-11-4-6-14-25(21)32(26-15-7-5-12-22(26)2)23(3)24-13-8-16-27(24)33(28-17-9-19-30-28)29-18-10-20-31-29;1-2-4-5-3-1;/h4-20,23H,1-3H3;1-5H;/t23-;;/m0../s1. The van der Waals surface area contributed by atoms with Crippen molar-refractivity contribution in [1.82, 2.24) is 0 Å². The summed E-state index contributed by atoms with van der Waals surface area (Å²) in [6, 6.07) is 25.8. The van der Waals surface area contributed by atoms with Crippen LogP contribution in [0.4, 0.5) is 0 Å². The summed E-state index contributed by atoms with van der Waals surface area (Å²) in [5.74, 6) is 1.38. The van der Waals surface area contributed by atoms with Gasteiger partial charge in [0.2, 0.25) is 0 Å². The molecule has 2 nitrogen and oxygen atoms in total. The molecule has 1 atom stereocenters. The van der Waals surface area contributed by atoms with Crippen LogP contribution >= 0.6 is 15.8 Å². The second kappa shape index (κ2) is 14.1. The molecule has 198 valence electrons. The van der Waals surface area contributed by atoms with E-state index in [1.807, 2.05) is 42.9 Å². The Kier molecular flexibility index (Phi) is 10.6. The van der Waals surface area contributed by atoms with Crippen molar-refractivity contribution >= 4 is 37.5 Å². The van der Waals surface area contributed by atoms with Crippen molar-refractivity contribution in [2.45, 2.75) is 26.4 Å². The van der Waals surface area contributed by atoms with Gasteiger partial charge in [-0.3, -0.25) is 0 Å². The maximum absolute atomic E-state index is 5.92. The second-order valence-corrected chi connectivity index (χ2v) is 13.7. The molecular formula is C34H32FeO2P2. The Labute approximate surface area is 245 Å². The molecule has 2 heterocycles. The quantitative estimate of drug-likeness (QED) is 0.162. The van der Waals surface area contributed by atoms with E-state index in [9.17, 15) is 0 Å². The van der Waals surface area contributed by atoms with Gasteiger partial charge in [-0.1, -0.05) is 98.0 Å². The minimum absolute atomic E-state index is 0. The number of allylic oxidation sites excluding steroid dienone is 8. The van der Waals surface area contributed by atoms with Gasteiger partial charge in [-0.25, -0.2) is 0 Å². The summed E-state index contributed by atoms with van der Waals surface area (Å²) in [7, 11) is -1.50. The zero-order valence-corrected chi connectivity index (χ0v) is 25.2. The molecule has 0 N–H and O–H groups in total. The maximum Gasteiger partial charge on any atom is 0.137 e. The van der Waals surface area contributed by atoms with Gasteiger partial charge < -0.3 is 8.83 Å². The zero-order chi connectivity index (χ0) is 26.3. The molecule has 2 aromatic heterocycles. The number of furan rings is 2. The van der Waals surface area contributed by atoms with E-state index in [2.05, 4.69) is 99.7 Å². The molecule has 2 aliphatic rings. The SMILES string of the molecule is Cc1ccccc1P(c1ccccc1C)[C@@H](C)[C]1C=CC=C1P(c1ccco1)c1ccco1.[CH]1C=CC=C1.[Fe]. The van der Waals surface area contributed by atoms with E-state index in [1.54, 1.807) is 12.5 Å². The molecule has 4 aromatic rings. The van der Waals surface area contributed by atoms with Gasteiger partial charge in [-0.2, -0.15) is 0 Å². The van der Waals surface area contributed by atoms with Crippen LogP contribution in [0.1, 0.15) is 18.1 Å². The summed E-state index contributed by atoms with van der Waals surface area (Å²) in [6.45, 7) is 6.86. The van der Waals surface area contributed by atoms with E-state index in [0.717, 1.165) is 11.0 Å². The molecule has 39 heavy (non-hydrogen) atoms. The molecule has 0 fully saturated rings. The molecule has 0 spiro atoms. The predicted molar refractivity (Wildman–Crippen MR) is 165 cm³/mol. The van der Waals surface area contributed by atoms with Gasteiger partial charge in [-0.05, 0) is 78.7 Å². The monoisotopic (exact) mass is 590 g/mol. The number of rotatable bonds is 7. The van der Waals surface area contributed by atoms with Crippen LogP contribution in [0.15, 0.2) is 142 Å². The van der Waals surface area contributed by atoms with Gasteiger partial charge in [0.15, 0.2) is 0 Å². The van der Waals surface area contributed by atoms with E-state index in [1.165, 1.54) is 33.0 Å². The van der Waals surface area contributed by atoms with Crippen LogP contribution in [-0.4, -0.2) is 5.66 Å². The molecule has 5 heteroatoms. The smallest absolute Gasteiger partial charge is 0.137 e. The van der Waals surface area contributed by atoms with Crippen molar-refractivity contribution in [3.8, 4) is 0 Å². The Morgan fingerprint density at radius 2 is 1.18 bits per heavy atom. The van der Waals surface area contributed by atoms with Crippen LogP contribution in [0.25, 0.3) is 0 Å². The Balaban J connectivity index is 0.000000530. The van der Waals surface area contributed by atoms with Crippen molar-refractivity contribution in [3.63, 3.8) is 0 Å². The van der Waals surface area contributed by atoms with Gasteiger partial charge in [0.25, 0.3) is 0 Å². The third-order valence-corrected chi connectivity index (χ3v) is 12.0. The summed E-state index contributed by atoms with van der Waals surface area (Å²) in [6.07, 6.45) is 20.3. The Morgan fingerprint density at radius 3 is 1.62 bits per heavy atom. The molecule has 2 radical (unpaired) electrons. The van der Waals surface area contributed by atoms with Crippen molar-refractivity contribution in [3.05, 3.63) is 157 Å². The third kappa shape index (κ3) is 6.74. The minimum Gasteiger partial charge on any atom is -0.464 e. The van der Waals surface area contributed by atoms with Gasteiger partial charge in [0.1, 0.15) is 11.0 Å². The molecule has 0 bridgehead atoms. The average molecular weight is 590 g/mol. The molecule has 6 rings (SSSR count). The number of benzene rings is 2. The van der Waals surface area contributed by atoms with E-state index in [-0.39, 0.29) is 17.1 Å². The van der Waals surface area contributed by atoms with Crippen molar-refractivity contribution in [2.24, 2.45) is 0 Å². The summed E-state index contributed by atoms with van der Waals surface area (Å²) in [5, 5.41) is 4.21. The first kappa shape index (κ1) is 29.3. The molecule has 0 aliphatic heterocycles. The largest absolute Gasteiger partial charge is 0.464 e. The van der Waals surface area contributed by atoms with Crippen molar-refractivity contribution in [2.75, 3.05) is 0 Å². The van der Waals surface area contributed by atoms with Gasteiger partial charge in [0, 0.05) is 29.4 Å². The van der Waals surface area contributed by atoms with Gasteiger partial charge in [-0.15, -0.1) is 0 Å². The van der Waals surface area contributed by atoms with E-state index >= 15 is 0 Å².